The Balaban J connectivity index is 2.02. The Kier molecular flexibility index (Phi) is 2.67. The molecule has 0 saturated carbocycles. The topological polar surface area (TPSA) is 64.9 Å². The van der Waals surface area contributed by atoms with Crippen LogP contribution in [-0.4, -0.2) is 9.97 Å². The number of aromatic nitrogens is 2. The summed E-state index contributed by atoms with van der Waals surface area (Å²) >= 11 is 0. The number of nitrogen functional groups attached to an aromatic ring is 1. The monoisotopic (exact) mass is 203 g/mol. The Morgan fingerprint density at radius 3 is 2.80 bits per heavy atom. The van der Waals surface area contributed by atoms with Gasteiger partial charge in [-0.25, -0.2) is 0 Å². The molecule has 0 atom stereocenters. The van der Waals surface area contributed by atoms with Gasteiger partial charge in [0.25, 0.3) is 6.01 Å². The summed E-state index contributed by atoms with van der Waals surface area (Å²) in [6.45, 7) is 1.87. The first-order chi connectivity index (χ1) is 7.25. The molecule has 0 amide bonds. The number of nitrogens with zero attached hydrogens (tertiary/aromatic N) is 2. The van der Waals surface area contributed by atoms with Crippen LogP contribution in [0.15, 0.2) is 28.8 Å². The van der Waals surface area contributed by atoms with Crippen LogP contribution in [0.5, 0.6) is 0 Å². The van der Waals surface area contributed by atoms with Crippen molar-refractivity contribution in [1.82, 2.24) is 9.97 Å². The molecule has 0 saturated heterocycles. The van der Waals surface area contributed by atoms with Gasteiger partial charge in [0.2, 0.25) is 0 Å². The minimum atomic E-state index is 0.239. The van der Waals surface area contributed by atoms with Gasteiger partial charge in [-0.1, -0.05) is 6.07 Å². The standard InChI is InChI=1S/C11H13N3O/c1-8-10(14-11(12)15-8)6-5-9-4-2-3-7-13-9/h2-4,7H,5-6H2,1H3,(H2,12,14). The predicted molar refractivity (Wildman–Crippen MR) is 57.3 cm³/mol. The molecule has 2 heterocycles. The van der Waals surface area contributed by atoms with Gasteiger partial charge in [-0.3, -0.25) is 4.98 Å². The van der Waals surface area contributed by atoms with E-state index in [1.165, 1.54) is 0 Å². The van der Waals surface area contributed by atoms with Crippen LogP contribution in [0.1, 0.15) is 17.1 Å². The zero-order valence-corrected chi connectivity index (χ0v) is 8.60. The third kappa shape index (κ3) is 2.34. The summed E-state index contributed by atoms with van der Waals surface area (Å²) in [5, 5.41) is 0. The van der Waals surface area contributed by atoms with Crippen LogP contribution < -0.4 is 5.73 Å². The van der Waals surface area contributed by atoms with Crippen LogP contribution in [0, 0.1) is 6.92 Å². The second-order valence-corrected chi connectivity index (χ2v) is 3.38. The summed E-state index contributed by atoms with van der Waals surface area (Å²) in [7, 11) is 0. The lowest BCUT2D eigenvalue weighted by Crippen LogP contribution is -1.95. The molecule has 0 aliphatic rings. The van der Waals surface area contributed by atoms with Crippen LogP contribution in [0.25, 0.3) is 0 Å². The zero-order chi connectivity index (χ0) is 10.7. The Hall–Kier alpha value is -1.84. The molecule has 15 heavy (non-hydrogen) atoms. The summed E-state index contributed by atoms with van der Waals surface area (Å²) < 4.78 is 5.15. The SMILES string of the molecule is Cc1oc(N)nc1CCc1ccccn1. The first-order valence-electron chi connectivity index (χ1n) is 4.87. The fraction of sp³-hybridized carbons (Fsp3) is 0.273. The van der Waals surface area contributed by atoms with Gasteiger partial charge in [-0.2, -0.15) is 4.98 Å². The number of nitrogens with two attached hydrogens (primary N) is 1. The predicted octanol–water partition coefficient (Wildman–Crippen LogP) is 1.75. The third-order valence-corrected chi connectivity index (χ3v) is 2.25. The molecule has 0 unspecified atom stereocenters. The minimum absolute atomic E-state index is 0.239. The van der Waals surface area contributed by atoms with Gasteiger partial charge in [0.15, 0.2) is 0 Å². The van der Waals surface area contributed by atoms with Gasteiger partial charge >= 0.3 is 0 Å². The van der Waals surface area contributed by atoms with E-state index in [0.29, 0.717) is 0 Å². The average Bonchev–Trinajstić information content (AvgIpc) is 2.56. The van der Waals surface area contributed by atoms with E-state index in [1.807, 2.05) is 25.1 Å². The Bertz CT molecular complexity index is 436. The fourth-order valence-electron chi connectivity index (χ4n) is 1.47. The van der Waals surface area contributed by atoms with E-state index in [1.54, 1.807) is 6.20 Å². The van der Waals surface area contributed by atoms with Crippen LogP contribution in [0.4, 0.5) is 6.01 Å². The molecule has 2 N–H and O–H groups in total. The van der Waals surface area contributed by atoms with Crippen molar-refractivity contribution >= 4 is 6.01 Å². The van der Waals surface area contributed by atoms with Crippen LogP contribution in [-0.2, 0) is 12.8 Å². The highest BCUT2D eigenvalue weighted by Gasteiger charge is 2.06. The van der Waals surface area contributed by atoms with E-state index in [2.05, 4.69) is 9.97 Å². The first kappa shape index (κ1) is 9.71. The lowest BCUT2D eigenvalue weighted by molar-refractivity contribution is 0.544. The molecule has 0 spiro atoms. The molecule has 2 rings (SSSR count). The van der Waals surface area contributed by atoms with E-state index in [0.717, 1.165) is 30.0 Å². The van der Waals surface area contributed by atoms with Gasteiger partial charge < -0.3 is 10.2 Å². The molecule has 0 aliphatic heterocycles. The summed E-state index contributed by atoms with van der Waals surface area (Å²) in [6.07, 6.45) is 3.45. The highest BCUT2D eigenvalue weighted by Crippen LogP contribution is 2.13. The van der Waals surface area contributed by atoms with E-state index in [-0.39, 0.29) is 6.01 Å². The molecular formula is C11H13N3O. The van der Waals surface area contributed by atoms with Crippen molar-refractivity contribution < 1.29 is 4.42 Å². The Morgan fingerprint density at radius 1 is 1.33 bits per heavy atom. The quantitative estimate of drug-likeness (QED) is 0.825. The Morgan fingerprint density at radius 2 is 2.20 bits per heavy atom. The summed E-state index contributed by atoms with van der Waals surface area (Å²) in [6, 6.07) is 6.12. The van der Waals surface area contributed by atoms with E-state index >= 15 is 0 Å². The molecule has 2 aromatic heterocycles. The van der Waals surface area contributed by atoms with E-state index in [9.17, 15) is 0 Å². The maximum atomic E-state index is 5.45. The average molecular weight is 203 g/mol. The van der Waals surface area contributed by atoms with Gasteiger partial charge in [-0.15, -0.1) is 0 Å². The van der Waals surface area contributed by atoms with Crippen LogP contribution >= 0.6 is 0 Å². The lowest BCUT2D eigenvalue weighted by Gasteiger charge is -1.97. The smallest absolute Gasteiger partial charge is 0.292 e. The van der Waals surface area contributed by atoms with Crippen molar-refractivity contribution in [3.8, 4) is 0 Å². The highest BCUT2D eigenvalue weighted by atomic mass is 16.4. The van der Waals surface area contributed by atoms with Crippen molar-refractivity contribution in [2.45, 2.75) is 19.8 Å². The van der Waals surface area contributed by atoms with Gasteiger partial charge in [0, 0.05) is 11.9 Å². The number of aryl methyl sites for hydroxylation is 3. The number of anilines is 1. The number of rotatable bonds is 3. The van der Waals surface area contributed by atoms with Crippen molar-refractivity contribution in [3.63, 3.8) is 0 Å². The van der Waals surface area contributed by atoms with Gasteiger partial charge in [0.05, 0.1) is 5.69 Å². The van der Waals surface area contributed by atoms with E-state index < -0.39 is 0 Å². The second-order valence-electron chi connectivity index (χ2n) is 3.38. The molecule has 78 valence electrons. The highest BCUT2D eigenvalue weighted by molar-refractivity contribution is 5.20. The molecule has 4 heteroatoms. The summed E-state index contributed by atoms with van der Waals surface area (Å²) in [5.41, 5.74) is 7.42. The maximum Gasteiger partial charge on any atom is 0.292 e. The fourth-order valence-corrected chi connectivity index (χ4v) is 1.47. The molecular weight excluding hydrogens is 190 g/mol. The molecule has 4 nitrogen and oxygen atoms in total. The number of hydrogen-bond acceptors (Lipinski definition) is 4. The zero-order valence-electron chi connectivity index (χ0n) is 8.60. The molecule has 0 radical (unpaired) electrons. The first-order valence-corrected chi connectivity index (χ1v) is 4.87. The van der Waals surface area contributed by atoms with Crippen molar-refractivity contribution in [3.05, 3.63) is 41.5 Å². The van der Waals surface area contributed by atoms with E-state index in [4.69, 9.17) is 10.2 Å². The summed E-state index contributed by atoms with van der Waals surface area (Å²) in [4.78, 5) is 8.35. The molecule has 0 bridgehead atoms. The molecule has 0 fully saturated rings. The maximum absolute atomic E-state index is 5.45. The molecule has 2 aromatic rings. The lowest BCUT2D eigenvalue weighted by atomic mass is 10.1. The van der Waals surface area contributed by atoms with Gasteiger partial charge in [-0.05, 0) is 31.9 Å². The second kappa shape index (κ2) is 4.13. The van der Waals surface area contributed by atoms with Crippen molar-refractivity contribution in [2.24, 2.45) is 0 Å². The van der Waals surface area contributed by atoms with Crippen LogP contribution in [0.2, 0.25) is 0 Å². The largest absolute Gasteiger partial charge is 0.429 e. The van der Waals surface area contributed by atoms with Gasteiger partial charge in [0.1, 0.15) is 5.76 Å². The number of oxazole rings is 1. The third-order valence-electron chi connectivity index (χ3n) is 2.25. The van der Waals surface area contributed by atoms with Crippen molar-refractivity contribution in [2.75, 3.05) is 5.73 Å². The van der Waals surface area contributed by atoms with Crippen molar-refractivity contribution in [1.29, 1.82) is 0 Å². The number of pyridine rings is 1. The normalized spacial score (nSPS) is 10.5. The number of hydrogen-bond donors (Lipinski definition) is 1. The minimum Gasteiger partial charge on any atom is -0.429 e. The Labute approximate surface area is 88.2 Å². The summed E-state index contributed by atoms with van der Waals surface area (Å²) in [5.74, 6) is 0.795. The molecule has 0 aliphatic carbocycles. The molecule has 0 aromatic carbocycles. The van der Waals surface area contributed by atoms with Crippen LogP contribution in [0.3, 0.4) is 0 Å².